The Morgan fingerprint density at radius 3 is 2.71 bits per heavy atom. The fraction of sp³-hybridized carbons (Fsp3) is 0.211. The lowest BCUT2D eigenvalue weighted by molar-refractivity contribution is 0.584. The third kappa shape index (κ3) is 3.34. The first kappa shape index (κ1) is 19.4. The normalized spacial score (nSPS) is 12.1. The highest BCUT2D eigenvalue weighted by molar-refractivity contribution is 7.94. The van der Waals surface area contributed by atoms with Gasteiger partial charge in [-0.15, -0.1) is 34.3 Å². The number of hydrogen-bond donors (Lipinski definition) is 0. The zero-order valence-corrected chi connectivity index (χ0v) is 18.3. The molecule has 4 aromatic rings. The van der Waals surface area contributed by atoms with Crippen molar-refractivity contribution in [3.63, 3.8) is 0 Å². The van der Waals surface area contributed by atoms with Gasteiger partial charge in [0.25, 0.3) is 10.0 Å². The molecule has 4 rings (SSSR count). The lowest BCUT2D eigenvalue weighted by Gasteiger charge is -2.27. The van der Waals surface area contributed by atoms with Gasteiger partial charge in [-0.1, -0.05) is 18.2 Å². The average molecular weight is 453 g/mol. The number of sulfonamides is 1. The molecular formula is C19H17ClN2O3S3. The summed E-state index contributed by atoms with van der Waals surface area (Å²) in [6.45, 7) is 3.70. The second-order valence-corrected chi connectivity index (χ2v) is 10.8. The maximum absolute atomic E-state index is 13.3. The minimum absolute atomic E-state index is 0.283. The third-order valence-electron chi connectivity index (χ3n) is 4.13. The fourth-order valence-electron chi connectivity index (χ4n) is 3.00. The van der Waals surface area contributed by atoms with E-state index in [0.717, 1.165) is 15.3 Å². The van der Waals surface area contributed by atoms with E-state index < -0.39 is 10.0 Å². The van der Waals surface area contributed by atoms with Crippen LogP contribution in [-0.2, 0) is 15.9 Å². The quantitative estimate of drug-likeness (QED) is 0.338. The Hall–Kier alpha value is -1.87. The number of anilines is 1. The Labute approximate surface area is 176 Å². The molecule has 0 N–H and O–H groups in total. The smallest absolute Gasteiger partial charge is 0.274 e. The van der Waals surface area contributed by atoms with Crippen LogP contribution in [0.15, 0.2) is 56.6 Å². The molecule has 0 atom stereocenters. The van der Waals surface area contributed by atoms with Crippen LogP contribution in [0.1, 0.15) is 18.7 Å². The molecular weight excluding hydrogens is 436 g/mol. The van der Waals surface area contributed by atoms with Crippen molar-refractivity contribution < 1.29 is 12.8 Å². The van der Waals surface area contributed by atoms with Crippen LogP contribution in [0.4, 0.5) is 5.69 Å². The molecule has 0 unspecified atom stereocenters. The van der Waals surface area contributed by atoms with Gasteiger partial charge in [-0.2, -0.15) is 0 Å². The summed E-state index contributed by atoms with van der Waals surface area (Å²) in [6, 6.07) is 10.5. The lowest BCUT2D eigenvalue weighted by atomic mass is 10.2. The number of furan rings is 1. The van der Waals surface area contributed by atoms with Gasteiger partial charge < -0.3 is 4.42 Å². The monoisotopic (exact) mass is 452 g/mol. The zero-order chi connectivity index (χ0) is 19.9. The van der Waals surface area contributed by atoms with E-state index in [9.17, 15) is 8.42 Å². The molecule has 0 saturated heterocycles. The zero-order valence-electron chi connectivity index (χ0n) is 15.1. The van der Waals surface area contributed by atoms with Gasteiger partial charge in [-0.25, -0.2) is 13.4 Å². The molecule has 1 aromatic carbocycles. The molecule has 3 heterocycles. The maximum Gasteiger partial charge on any atom is 0.274 e. The first-order chi connectivity index (χ1) is 13.4. The van der Waals surface area contributed by atoms with Crippen LogP contribution in [0, 0.1) is 0 Å². The number of alkyl halides is 1. The first-order valence-corrected chi connectivity index (χ1v) is 12.2. The predicted octanol–water partition coefficient (Wildman–Crippen LogP) is 5.96. The molecule has 9 heteroatoms. The number of halogens is 1. The Bertz CT molecular complexity index is 1210. The summed E-state index contributed by atoms with van der Waals surface area (Å²) in [5.41, 5.74) is 1.04. The first-order valence-electron chi connectivity index (χ1n) is 8.53. The highest BCUT2D eigenvalue weighted by Crippen LogP contribution is 2.38. The molecule has 146 valence electrons. The minimum Gasteiger partial charge on any atom is -0.451 e. The summed E-state index contributed by atoms with van der Waals surface area (Å²) in [5, 5.41) is 3.30. The predicted molar refractivity (Wildman–Crippen MR) is 116 cm³/mol. The van der Waals surface area contributed by atoms with Gasteiger partial charge in [-0.05, 0) is 37.4 Å². The highest BCUT2D eigenvalue weighted by Gasteiger charge is 2.30. The largest absolute Gasteiger partial charge is 0.451 e. The molecule has 0 saturated carbocycles. The van der Waals surface area contributed by atoms with Crippen LogP contribution in [-0.4, -0.2) is 19.4 Å². The summed E-state index contributed by atoms with van der Waals surface area (Å²) >= 11 is 8.53. The van der Waals surface area contributed by atoms with Crippen molar-refractivity contribution >= 4 is 61.0 Å². The van der Waals surface area contributed by atoms with Crippen molar-refractivity contribution in [1.29, 1.82) is 0 Å². The summed E-state index contributed by atoms with van der Waals surface area (Å²) in [6.07, 6.45) is 1.72. The van der Waals surface area contributed by atoms with Gasteiger partial charge in [-0.3, -0.25) is 4.31 Å². The van der Waals surface area contributed by atoms with Crippen LogP contribution in [0.2, 0.25) is 0 Å². The second kappa shape index (κ2) is 7.51. The lowest BCUT2D eigenvalue weighted by Crippen LogP contribution is -2.36. The van der Waals surface area contributed by atoms with E-state index in [2.05, 4.69) is 4.98 Å². The molecule has 0 amide bonds. The van der Waals surface area contributed by atoms with E-state index in [4.69, 9.17) is 16.0 Å². The van der Waals surface area contributed by atoms with Crippen LogP contribution >= 0.6 is 34.3 Å². The standard InChI is InChI=1S/C19H17ClN2O3S3/c1-12(2)22(28(23,24)17-7-4-8-26-17)15-6-3-5-13-9-16(25-18(13)15)19-21-11-14(10-20)27-19/h3-9,11-12H,10H2,1-2H3. The van der Waals surface area contributed by atoms with Crippen molar-refractivity contribution in [2.24, 2.45) is 0 Å². The summed E-state index contributed by atoms with van der Waals surface area (Å²) in [7, 11) is -3.70. The van der Waals surface area contributed by atoms with Gasteiger partial charge in [0.1, 0.15) is 4.21 Å². The van der Waals surface area contributed by atoms with Gasteiger partial charge in [0.15, 0.2) is 16.4 Å². The summed E-state index contributed by atoms with van der Waals surface area (Å²) in [5.74, 6) is 0.990. The SMILES string of the molecule is CC(C)N(c1cccc2cc(-c3ncc(CCl)s3)oc12)S(=O)(=O)c1cccs1. The van der Waals surface area contributed by atoms with E-state index in [0.29, 0.717) is 27.1 Å². The molecule has 5 nitrogen and oxygen atoms in total. The number of rotatable bonds is 6. The Kier molecular flexibility index (Phi) is 5.22. The van der Waals surface area contributed by atoms with Gasteiger partial charge in [0.05, 0.1) is 11.6 Å². The second-order valence-electron chi connectivity index (χ2n) is 6.40. The molecule has 0 spiro atoms. The Morgan fingerprint density at radius 2 is 2.07 bits per heavy atom. The molecule has 0 aliphatic carbocycles. The summed E-state index contributed by atoms with van der Waals surface area (Å²) < 4.78 is 34.3. The van der Waals surface area contributed by atoms with E-state index in [1.807, 2.05) is 32.0 Å². The topological polar surface area (TPSA) is 63.4 Å². The fourth-order valence-corrected chi connectivity index (χ4v) is 6.69. The van der Waals surface area contributed by atoms with Crippen LogP contribution in [0.25, 0.3) is 21.7 Å². The Balaban J connectivity index is 1.87. The third-order valence-corrected chi connectivity index (χ3v) is 8.96. The molecule has 0 aliphatic heterocycles. The van der Waals surface area contributed by atoms with E-state index in [-0.39, 0.29) is 6.04 Å². The molecule has 0 aliphatic rings. The van der Waals surface area contributed by atoms with Crippen molar-refractivity contribution in [2.45, 2.75) is 30.0 Å². The highest BCUT2D eigenvalue weighted by atomic mass is 35.5. The van der Waals surface area contributed by atoms with E-state index >= 15 is 0 Å². The van der Waals surface area contributed by atoms with Crippen LogP contribution in [0.5, 0.6) is 0 Å². The molecule has 28 heavy (non-hydrogen) atoms. The molecule has 3 aromatic heterocycles. The number of nitrogens with zero attached hydrogens (tertiary/aromatic N) is 2. The van der Waals surface area contributed by atoms with Crippen LogP contribution < -0.4 is 4.31 Å². The van der Waals surface area contributed by atoms with E-state index in [1.165, 1.54) is 27.0 Å². The maximum atomic E-state index is 13.3. The number of fused-ring (bicyclic) bond motifs is 1. The average Bonchev–Trinajstić information content (AvgIpc) is 3.40. The van der Waals surface area contributed by atoms with Crippen molar-refractivity contribution in [2.75, 3.05) is 4.31 Å². The van der Waals surface area contributed by atoms with Crippen LogP contribution in [0.3, 0.4) is 0 Å². The van der Waals surface area contributed by atoms with Gasteiger partial charge in [0.2, 0.25) is 0 Å². The number of hydrogen-bond acceptors (Lipinski definition) is 6. The Morgan fingerprint density at radius 1 is 1.25 bits per heavy atom. The number of para-hydroxylation sites is 1. The van der Waals surface area contributed by atoms with Crippen molar-refractivity contribution in [1.82, 2.24) is 4.98 Å². The number of thiophene rings is 1. The molecule has 0 bridgehead atoms. The summed E-state index contributed by atoms with van der Waals surface area (Å²) in [4.78, 5) is 5.31. The number of benzene rings is 1. The number of aromatic nitrogens is 1. The van der Waals surface area contributed by atoms with Gasteiger partial charge in [0, 0.05) is 22.5 Å². The number of thiazole rings is 1. The minimum atomic E-state index is -3.70. The van der Waals surface area contributed by atoms with Gasteiger partial charge >= 0.3 is 0 Å². The molecule has 0 radical (unpaired) electrons. The van der Waals surface area contributed by atoms with Crippen molar-refractivity contribution in [3.05, 3.63) is 52.9 Å². The molecule has 0 fully saturated rings. The van der Waals surface area contributed by atoms with E-state index in [1.54, 1.807) is 29.8 Å². The van der Waals surface area contributed by atoms with Crippen molar-refractivity contribution in [3.8, 4) is 10.8 Å².